The topological polar surface area (TPSA) is 86.8 Å². The molecule has 7 nitrogen and oxygen atoms in total. The van der Waals surface area contributed by atoms with Crippen LogP contribution in [0.3, 0.4) is 0 Å². The first kappa shape index (κ1) is 29.9. The molecular weight excluding hydrogens is 521 g/mol. The van der Waals surface area contributed by atoms with Gasteiger partial charge in [0, 0.05) is 13.1 Å². The molecule has 1 N–H and O–H groups in total. The Kier molecular flexibility index (Phi) is 11.1. The van der Waals surface area contributed by atoms with Gasteiger partial charge < -0.3 is 10.2 Å². The number of carbonyl (C=O) groups excluding carboxylic acids is 2. The Morgan fingerprint density at radius 3 is 2.31 bits per heavy atom. The number of rotatable bonds is 12. The van der Waals surface area contributed by atoms with Gasteiger partial charge in [-0.3, -0.25) is 13.9 Å². The summed E-state index contributed by atoms with van der Waals surface area (Å²) in [5.41, 5.74) is 2.70. The molecule has 0 aliphatic rings. The monoisotopic (exact) mass is 555 g/mol. The van der Waals surface area contributed by atoms with Crippen LogP contribution < -0.4 is 9.62 Å². The Hall–Kier alpha value is -2.29. The van der Waals surface area contributed by atoms with Gasteiger partial charge in [0.2, 0.25) is 21.8 Å². The number of anilines is 1. The average Bonchev–Trinajstić information content (AvgIpc) is 2.80. The number of halogens is 2. The van der Waals surface area contributed by atoms with Crippen molar-refractivity contribution in [2.75, 3.05) is 23.7 Å². The molecular formula is C26H35Cl2N3O4S. The minimum absolute atomic E-state index is 0.0693. The smallest absolute Gasteiger partial charge is 0.244 e. The predicted octanol–water partition coefficient (Wildman–Crippen LogP) is 5.10. The molecule has 0 saturated heterocycles. The lowest BCUT2D eigenvalue weighted by Gasteiger charge is -2.33. The summed E-state index contributed by atoms with van der Waals surface area (Å²) in [5, 5.41) is 3.60. The molecule has 0 aliphatic carbocycles. The van der Waals surface area contributed by atoms with E-state index >= 15 is 0 Å². The largest absolute Gasteiger partial charge is 0.354 e. The molecule has 0 fully saturated rings. The Morgan fingerprint density at radius 2 is 1.72 bits per heavy atom. The number of carbonyl (C=O) groups is 2. The first-order chi connectivity index (χ1) is 16.9. The van der Waals surface area contributed by atoms with Crippen LogP contribution in [-0.2, 0) is 26.2 Å². The standard InChI is InChI=1S/C26H35Cl2N3O4S/c1-6-8-13-29-26(33)23(7-2)30(16-20-11-12-21(27)22(28)15-20)25(32)17-31(36(5,34)35)24-14-18(3)9-10-19(24)4/h9-12,14-15,23H,6-8,13,16-17H2,1-5H3,(H,29,33)/t23-/m1/s1. The predicted molar refractivity (Wildman–Crippen MR) is 147 cm³/mol. The molecule has 0 unspecified atom stereocenters. The van der Waals surface area contributed by atoms with Crippen molar-refractivity contribution in [1.82, 2.24) is 10.2 Å². The molecule has 2 aromatic carbocycles. The summed E-state index contributed by atoms with van der Waals surface area (Å²) in [6, 6.07) is 9.65. The number of nitrogens with zero attached hydrogens (tertiary/aromatic N) is 2. The molecule has 2 amide bonds. The second-order valence-electron chi connectivity index (χ2n) is 8.90. The van der Waals surface area contributed by atoms with Crippen molar-refractivity contribution in [3.8, 4) is 0 Å². The molecule has 0 aliphatic heterocycles. The molecule has 198 valence electrons. The fraction of sp³-hybridized carbons (Fsp3) is 0.462. The molecule has 10 heteroatoms. The maximum atomic E-state index is 13.7. The van der Waals surface area contributed by atoms with Crippen LogP contribution in [0.25, 0.3) is 0 Å². The van der Waals surface area contributed by atoms with Gasteiger partial charge >= 0.3 is 0 Å². The van der Waals surface area contributed by atoms with Gasteiger partial charge in [-0.2, -0.15) is 0 Å². The zero-order valence-corrected chi connectivity index (χ0v) is 23.8. The average molecular weight is 557 g/mol. The number of sulfonamides is 1. The summed E-state index contributed by atoms with van der Waals surface area (Å²) in [5.74, 6) is -0.776. The lowest BCUT2D eigenvalue weighted by Crippen LogP contribution is -2.52. The van der Waals surface area contributed by atoms with Gasteiger partial charge in [0.1, 0.15) is 12.6 Å². The third-order valence-corrected chi connectivity index (χ3v) is 7.73. The fourth-order valence-corrected chi connectivity index (χ4v) is 5.06. The normalized spacial score (nSPS) is 12.2. The summed E-state index contributed by atoms with van der Waals surface area (Å²) in [4.78, 5) is 28.2. The van der Waals surface area contributed by atoms with E-state index in [4.69, 9.17) is 23.2 Å². The lowest BCUT2D eigenvalue weighted by atomic mass is 10.1. The minimum Gasteiger partial charge on any atom is -0.354 e. The number of hydrogen-bond acceptors (Lipinski definition) is 4. The highest BCUT2D eigenvalue weighted by molar-refractivity contribution is 7.92. The van der Waals surface area contributed by atoms with Crippen LogP contribution in [0, 0.1) is 13.8 Å². The molecule has 0 saturated carbocycles. The van der Waals surface area contributed by atoms with Gasteiger partial charge in [0.05, 0.1) is 22.0 Å². The van der Waals surface area contributed by atoms with Crippen molar-refractivity contribution in [1.29, 1.82) is 0 Å². The molecule has 0 radical (unpaired) electrons. The summed E-state index contributed by atoms with van der Waals surface area (Å²) < 4.78 is 26.7. The maximum absolute atomic E-state index is 13.7. The second-order valence-corrected chi connectivity index (χ2v) is 11.6. The molecule has 0 aromatic heterocycles. The van der Waals surface area contributed by atoms with E-state index in [0.717, 1.165) is 34.5 Å². The highest BCUT2D eigenvalue weighted by Crippen LogP contribution is 2.26. The Balaban J connectivity index is 2.47. The van der Waals surface area contributed by atoms with E-state index in [0.29, 0.717) is 34.3 Å². The van der Waals surface area contributed by atoms with Crippen molar-refractivity contribution in [2.45, 2.75) is 59.5 Å². The molecule has 0 spiro atoms. The van der Waals surface area contributed by atoms with Crippen LogP contribution in [0.2, 0.25) is 10.0 Å². The fourth-order valence-electron chi connectivity index (χ4n) is 3.84. The van der Waals surface area contributed by atoms with E-state index in [9.17, 15) is 18.0 Å². The van der Waals surface area contributed by atoms with E-state index < -0.39 is 28.5 Å². The van der Waals surface area contributed by atoms with Crippen molar-refractivity contribution in [2.24, 2.45) is 0 Å². The Labute approximate surface area is 224 Å². The number of benzene rings is 2. The number of aryl methyl sites for hydroxylation is 2. The van der Waals surface area contributed by atoms with E-state index in [1.54, 1.807) is 31.2 Å². The SMILES string of the molecule is CCCCNC(=O)[C@@H](CC)N(Cc1ccc(Cl)c(Cl)c1)C(=O)CN(c1cc(C)ccc1C)S(C)(=O)=O. The first-order valence-corrected chi connectivity index (χ1v) is 14.6. The quantitative estimate of drug-likeness (QED) is 0.369. The van der Waals surface area contributed by atoms with Crippen molar-refractivity contribution < 1.29 is 18.0 Å². The molecule has 0 bridgehead atoms. The number of nitrogens with one attached hydrogen (secondary N) is 1. The van der Waals surface area contributed by atoms with Crippen LogP contribution in [0.4, 0.5) is 5.69 Å². The van der Waals surface area contributed by atoms with Crippen molar-refractivity contribution >= 4 is 50.7 Å². The zero-order chi connectivity index (χ0) is 27.0. The van der Waals surface area contributed by atoms with Crippen LogP contribution in [-0.4, -0.2) is 50.5 Å². The lowest BCUT2D eigenvalue weighted by molar-refractivity contribution is -0.140. The van der Waals surface area contributed by atoms with Crippen molar-refractivity contribution in [3.05, 3.63) is 63.1 Å². The van der Waals surface area contributed by atoms with Gasteiger partial charge in [0.15, 0.2) is 0 Å². The van der Waals surface area contributed by atoms with E-state index in [-0.39, 0.29) is 12.5 Å². The van der Waals surface area contributed by atoms with Gasteiger partial charge in [-0.1, -0.05) is 61.7 Å². The Bertz CT molecular complexity index is 1190. The third kappa shape index (κ3) is 8.11. The van der Waals surface area contributed by atoms with Crippen LogP contribution in [0.15, 0.2) is 36.4 Å². The third-order valence-electron chi connectivity index (χ3n) is 5.86. The molecule has 36 heavy (non-hydrogen) atoms. The van der Waals surface area contributed by atoms with E-state index in [1.165, 1.54) is 4.90 Å². The zero-order valence-electron chi connectivity index (χ0n) is 21.5. The van der Waals surface area contributed by atoms with Crippen molar-refractivity contribution in [3.63, 3.8) is 0 Å². The summed E-state index contributed by atoms with van der Waals surface area (Å²) in [6.45, 7) is 7.62. The highest BCUT2D eigenvalue weighted by atomic mass is 35.5. The van der Waals surface area contributed by atoms with Gasteiger partial charge in [-0.25, -0.2) is 8.42 Å². The molecule has 2 aromatic rings. The van der Waals surface area contributed by atoms with Gasteiger partial charge in [0.25, 0.3) is 0 Å². The second kappa shape index (κ2) is 13.3. The molecule has 2 rings (SSSR count). The molecule has 1 atom stereocenters. The summed E-state index contributed by atoms with van der Waals surface area (Å²) >= 11 is 12.2. The minimum atomic E-state index is -3.79. The summed E-state index contributed by atoms with van der Waals surface area (Å²) in [6.07, 6.45) is 3.16. The first-order valence-electron chi connectivity index (χ1n) is 11.9. The number of hydrogen-bond donors (Lipinski definition) is 1. The van der Waals surface area contributed by atoms with Gasteiger partial charge in [-0.15, -0.1) is 0 Å². The highest BCUT2D eigenvalue weighted by Gasteiger charge is 2.32. The van der Waals surface area contributed by atoms with Crippen LogP contribution >= 0.6 is 23.2 Å². The van der Waals surface area contributed by atoms with Crippen LogP contribution in [0.5, 0.6) is 0 Å². The molecule has 0 heterocycles. The van der Waals surface area contributed by atoms with Gasteiger partial charge in [-0.05, 0) is 61.6 Å². The maximum Gasteiger partial charge on any atom is 0.244 e. The van der Waals surface area contributed by atoms with E-state index in [1.807, 2.05) is 32.9 Å². The summed E-state index contributed by atoms with van der Waals surface area (Å²) in [7, 11) is -3.79. The Morgan fingerprint density at radius 1 is 1.03 bits per heavy atom. The van der Waals surface area contributed by atoms with Crippen LogP contribution in [0.1, 0.15) is 49.8 Å². The number of amides is 2. The number of unbranched alkanes of at least 4 members (excludes halogenated alkanes) is 1. The van der Waals surface area contributed by atoms with E-state index in [2.05, 4.69) is 5.32 Å².